The van der Waals surface area contributed by atoms with Gasteiger partial charge in [0.2, 0.25) is 11.7 Å². The smallest absolute Gasteiger partial charge is 0.351 e. The lowest BCUT2D eigenvalue weighted by atomic mass is 9.82. The molecule has 4 N–H and O–H groups in total. The van der Waals surface area contributed by atoms with Gasteiger partial charge in [0, 0.05) is 76.4 Å². The van der Waals surface area contributed by atoms with Crippen LogP contribution in [0.25, 0.3) is 22.1 Å². The molecule has 0 saturated carbocycles. The first-order chi connectivity index (χ1) is 22.3. The molecule has 1 aliphatic carbocycles. The van der Waals surface area contributed by atoms with Crippen molar-refractivity contribution in [3.05, 3.63) is 68.8 Å². The SMILES string of the molecule is CC[C@H]1c2cc3[nH]c4c(c3C)C(=O)C(O)(C(=O)OC)c4c3nc(cc4[nH]c(cc(n2)C1C)c(C(C)=O)c4C)C(C)[C@@H]3CCC(=O)NC. The summed E-state index contributed by atoms with van der Waals surface area (Å²) in [4.78, 5) is 69.8. The molecule has 3 unspecified atom stereocenters. The molecule has 3 aromatic heterocycles. The predicted octanol–water partition coefficient (Wildman–Crippen LogP) is 5.40. The Labute approximate surface area is 272 Å². The third kappa shape index (κ3) is 4.73. The van der Waals surface area contributed by atoms with Gasteiger partial charge in [-0.15, -0.1) is 0 Å². The van der Waals surface area contributed by atoms with Crippen molar-refractivity contribution in [1.82, 2.24) is 25.3 Å². The Morgan fingerprint density at radius 2 is 1.57 bits per heavy atom. The molecule has 0 fully saturated rings. The van der Waals surface area contributed by atoms with E-state index in [0.717, 1.165) is 30.5 Å². The van der Waals surface area contributed by atoms with Gasteiger partial charge in [0.15, 0.2) is 5.78 Å². The lowest BCUT2D eigenvalue weighted by Gasteiger charge is -2.23. The van der Waals surface area contributed by atoms with Gasteiger partial charge in [0.1, 0.15) is 0 Å². The highest BCUT2D eigenvalue weighted by atomic mass is 16.5. The molecule has 5 heterocycles. The van der Waals surface area contributed by atoms with Crippen LogP contribution in [-0.4, -0.2) is 62.6 Å². The number of hydrogen-bond donors (Lipinski definition) is 4. The number of methoxy groups -OCH3 is 1. The number of aromatic amines is 2. The molecule has 11 nitrogen and oxygen atoms in total. The Kier molecular flexibility index (Phi) is 7.94. The number of aromatic nitrogens is 4. The standard InChI is InChI=1S/C36H41N5O6/c1-9-20-15(2)22-14-27-29(19(6)42)17(4)24(39-27)12-23-16(3)21(10-11-28(43)37-7)32(40-23)31-33-30(34(44)36(31,46)35(45)47-8)18(5)25(41-33)13-26(20)38-22/h12-16,20-21,39,41,46H,9-11H2,1-8H3,(H,37,43)/t15?,16?,20-,21+,36?/m1/s1. The number of carbonyl (C=O) groups excluding carboxylic acids is 4. The molecule has 3 aromatic rings. The second-order valence-corrected chi connectivity index (χ2v) is 13.1. The first-order valence-electron chi connectivity index (χ1n) is 16.1. The molecule has 11 heteroatoms. The minimum Gasteiger partial charge on any atom is -0.466 e. The molecule has 47 heavy (non-hydrogen) atoms. The van der Waals surface area contributed by atoms with Crippen molar-refractivity contribution in [2.75, 3.05) is 14.2 Å². The number of ketones is 2. The summed E-state index contributed by atoms with van der Waals surface area (Å²) in [5.41, 5.74) is 4.41. The third-order valence-electron chi connectivity index (χ3n) is 10.5. The van der Waals surface area contributed by atoms with E-state index in [4.69, 9.17) is 14.7 Å². The van der Waals surface area contributed by atoms with Gasteiger partial charge in [0.05, 0.1) is 29.4 Å². The summed E-state index contributed by atoms with van der Waals surface area (Å²) in [6.07, 6.45) is 1.32. The van der Waals surface area contributed by atoms with Crippen molar-refractivity contribution in [3.8, 4) is 0 Å². The highest BCUT2D eigenvalue weighted by molar-refractivity contribution is 6.25. The molecular formula is C36H41N5O6. The lowest BCUT2D eigenvalue weighted by molar-refractivity contribution is -0.157. The van der Waals surface area contributed by atoms with Crippen molar-refractivity contribution in [2.45, 2.75) is 90.1 Å². The Morgan fingerprint density at radius 1 is 0.957 bits per heavy atom. The van der Waals surface area contributed by atoms with Gasteiger partial charge in [-0.2, -0.15) is 0 Å². The molecule has 6 rings (SSSR count). The Hall–Kier alpha value is -4.64. The average Bonchev–Trinajstić information content (AvgIpc) is 3.76. The zero-order valence-electron chi connectivity index (χ0n) is 28.0. The van der Waals surface area contributed by atoms with Crippen molar-refractivity contribution < 1.29 is 29.0 Å². The summed E-state index contributed by atoms with van der Waals surface area (Å²) < 4.78 is 5.03. The fourth-order valence-electron chi connectivity index (χ4n) is 7.78. The van der Waals surface area contributed by atoms with Crippen LogP contribution in [-0.2, 0) is 19.9 Å². The van der Waals surface area contributed by atoms with E-state index in [9.17, 15) is 24.3 Å². The molecule has 0 saturated heterocycles. The van der Waals surface area contributed by atoms with E-state index in [2.05, 4.69) is 29.1 Å². The maximum atomic E-state index is 14.2. The Morgan fingerprint density at radius 3 is 2.21 bits per heavy atom. The van der Waals surface area contributed by atoms with Crippen LogP contribution >= 0.6 is 0 Å². The fraction of sp³-hybridized carbons (Fsp3) is 0.444. The number of amides is 1. The highest BCUT2D eigenvalue weighted by Crippen LogP contribution is 2.49. The number of H-pyrrole nitrogens is 2. The minimum absolute atomic E-state index is 0.0408. The first-order valence-corrected chi connectivity index (χ1v) is 16.1. The van der Waals surface area contributed by atoms with E-state index < -0.39 is 23.3 Å². The number of hydrogen-bond acceptors (Lipinski definition) is 8. The highest BCUT2D eigenvalue weighted by Gasteiger charge is 2.57. The molecule has 2 aliphatic heterocycles. The lowest BCUT2D eigenvalue weighted by Crippen LogP contribution is -2.42. The second-order valence-electron chi connectivity index (χ2n) is 13.1. The van der Waals surface area contributed by atoms with E-state index in [0.29, 0.717) is 51.0 Å². The second kappa shape index (κ2) is 11.6. The van der Waals surface area contributed by atoms with Crippen LogP contribution in [0.4, 0.5) is 0 Å². The molecule has 246 valence electrons. The van der Waals surface area contributed by atoms with E-state index in [1.165, 1.54) is 0 Å². The molecule has 0 spiro atoms. The van der Waals surface area contributed by atoms with Gasteiger partial charge in [-0.25, -0.2) is 4.79 Å². The summed E-state index contributed by atoms with van der Waals surface area (Å²) in [6, 6.07) is 5.76. The van der Waals surface area contributed by atoms with Gasteiger partial charge in [-0.1, -0.05) is 20.8 Å². The van der Waals surface area contributed by atoms with Crippen molar-refractivity contribution >= 4 is 45.5 Å². The Bertz CT molecular complexity index is 2040. The maximum absolute atomic E-state index is 14.2. The van der Waals surface area contributed by atoms with Crippen LogP contribution in [0.1, 0.15) is 131 Å². The number of nitrogens with zero attached hydrogens (tertiary/aromatic N) is 2. The average molecular weight is 640 g/mol. The monoisotopic (exact) mass is 639 g/mol. The van der Waals surface area contributed by atoms with E-state index in [1.807, 2.05) is 32.0 Å². The fourth-order valence-corrected chi connectivity index (χ4v) is 7.78. The number of ether oxygens (including phenoxy) is 1. The summed E-state index contributed by atoms with van der Waals surface area (Å²) in [6.45, 7) is 11.4. The number of rotatable bonds is 6. The topological polar surface area (TPSA) is 167 Å². The quantitative estimate of drug-likeness (QED) is 0.158. The summed E-state index contributed by atoms with van der Waals surface area (Å²) >= 11 is 0. The normalized spacial score (nSPS) is 23.2. The van der Waals surface area contributed by atoms with Gasteiger partial charge in [-0.3, -0.25) is 24.4 Å². The number of Topliss-reactive ketones (excluding diaryl/α,β-unsaturated/α-hetero) is 2. The van der Waals surface area contributed by atoms with Gasteiger partial charge >= 0.3 is 5.97 Å². The summed E-state index contributed by atoms with van der Waals surface area (Å²) in [5.74, 6) is -2.73. The van der Waals surface area contributed by atoms with Crippen LogP contribution in [0.3, 0.4) is 0 Å². The largest absolute Gasteiger partial charge is 0.466 e. The molecule has 0 aromatic carbocycles. The first kappa shape index (κ1) is 32.3. The summed E-state index contributed by atoms with van der Waals surface area (Å²) in [7, 11) is 2.69. The zero-order chi connectivity index (χ0) is 34.1. The van der Waals surface area contributed by atoms with Crippen molar-refractivity contribution in [3.63, 3.8) is 0 Å². The molecular weight excluding hydrogens is 598 g/mol. The van der Waals surface area contributed by atoms with Crippen LogP contribution in [0.5, 0.6) is 0 Å². The third-order valence-corrected chi connectivity index (χ3v) is 10.5. The molecule has 1 amide bonds. The number of carbonyl (C=O) groups is 4. The van der Waals surface area contributed by atoms with Crippen molar-refractivity contribution in [2.24, 2.45) is 0 Å². The number of aliphatic hydroxyl groups is 1. The van der Waals surface area contributed by atoms with Gasteiger partial charge in [0.25, 0.3) is 5.60 Å². The van der Waals surface area contributed by atoms with Crippen LogP contribution in [0, 0.1) is 13.8 Å². The molecule has 3 aliphatic rings. The minimum atomic E-state index is -2.64. The predicted molar refractivity (Wildman–Crippen MR) is 177 cm³/mol. The number of aryl methyl sites for hydroxylation is 2. The van der Waals surface area contributed by atoms with Crippen molar-refractivity contribution in [1.29, 1.82) is 0 Å². The molecule has 5 atom stereocenters. The van der Waals surface area contributed by atoms with Gasteiger partial charge < -0.3 is 25.1 Å². The number of esters is 1. The van der Waals surface area contributed by atoms with Gasteiger partial charge in [-0.05, 0) is 62.9 Å². The Balaban J connectivity index is 1.82. The summed E-state index contributed by atoms with van der Waals surface area (Å²) in [5, 5.41) is 14.7. The molecule has 8 bridgehead atoms. The zero-order valence-corrected chi connectivity index (χ0v) is 28.0. The van der Waals surface area contributed by atoms with Crippen LogP contribution in [0.2, 0.25) is 0 Å². The number of fused-ring (bicyclic) bond motifs is 8. The van der Waals surface area contributed by atoms with E-state index >= 15 is 0 Å². The van der Waals surface area contributed by atoms with E-state index in [1.54, 1.807) is 20.9 Å². The van der Waals surface area contributed by atoms with Crippen LogP contribution in [0.15, 0.2) is 18.2 Å². The molecule has 0 radical (unpaired) electrons. The maximum Gasteiger partial charge on any atom is 0.351 e. The van der Waals surface area contributed by atoms with Crippen LogP contribution < -0.4 is 5.32 Å². The van der Waals surface area contributed by atoms with E-state index in [-0.39, 0.29) is 47.0 Å². The number of nitrogens with one attached hydrogen (secondary N) is 3.